The Hall–Kier alpha value is -2.46. The molecule has 0 N–H and O–H groups in total. The van der Waals surface area contributed by atoms with Crippen LogP contribution in [0.4, 0.5) is 5.69 Å². The summed E-state index contributed by atoms with van der Waals surface area (Å²) < 4.78 is 38.8. The van der Waals surface area contributed by atoms with Crippen LogP contribution in [-0.2, 0) is 10.0 Å². The van der Waals surface area contributed by atoms with Gasteiger partial charge in [-0.15, -0.1) is 11.3 Å². The number of rotatable bonds is 11. The SMILES string of the molecule is CCCCCCOc1c(OC)cc(/C=N\S(=O)(=O)c2cccs2)cc1[N+](=O)[O-]. The predicted octanol–water partition coefficient (Wildman–Crippen LogP) is 4.43. The molecule has 2 aromatic rings. The lowest BCUT2D eigenvalue weighted by atomic mass is 10.2. The van der Waals surface area contributed by atoms with E-state index in [2.05, 4.69) is 11.3 Å². The van der Waals surface area contributed by atoms with E-state index in [1.165, 1.54) is 25.3 Å². The average Bonchev–Trinajstić information content (AvgIpc) is 3.22. The Balaban J connectivity index is 2.28. The Labute approximate surface area is 168 Å². The van der Waals surface area contributed by atoms with Crippen molar-refractivity contribution in [2.24, 2.45) is 4.40 Å². The van der Waals surface area contributed by atoms with Crippen LogP contribution in [-0.4, -0.2) is 33.3 Å². The van der Waals surface area contributed by atoms with Crippen molar-refractivity contribution in [2.45, 2.75) is 36.8 Å². The van der Waals surface area contributed by atoms with Crippen molar-refractivity contribution in [1.29, 1.82) is 0 Å². The summed E-state index contributed by atoms with van der Waals surface area (Å²) in [6, 6.07) is 5.72. The van der Waals surface area contributed by atoms with Crippen LogP contribution in [0.25, 0.3) is 0 Å². The zero-order valence-corrected chi connectivity index (χ0v) is 17.3. The predicted molar refractivity (Wildman–Crippen MR) is 108 cm³/mol. The van der Waals surface area contributed by atoms with Crippen molar-refractivity contribution in [2.75, 3.05) is 13.7 Å². The van der Waals surface area contributed by atoms with Gasteiger partial charge >= 0.3 is 5.69 Å². The van der Waals surface area contributed by atoms with E-state index >= 15 is 0 Å². The fourth-order valence-electron chi connectivity index (χ4n) is 2.41. The number of nitrogens with zero attached hydrogens (tertiary/aromatic N) is 2. The monoisotopic (exact) mass is 426 g/mol. The zero-order valence-electron chi connectivity index (χ0n) is 15.7. The minimum Gasteiger partial charge on any atom is -0.493 e. The molecule has 0 aliphatic heterocycles. The molecular weight excluding hydrogens is 404 g/mol. The maximum atomic E-state index is 12.2. The van der Waals surface area contributed by atoms with Crippen molar-refractivity contribution >= 4 is 33.3 Å². The van der Waals surface area contributed by atoms with Crippen molar-refractivity contribution in [1.82, 2.24) is 0 Å². The number of ether oxygens (including phenoxy) is 2. The molecule has 0 saturated carbocycles. The first-order chi connectivity index (χ1) is 13.4. The molecule has 1 aromatic carbocycles. The van der Waals surface area contributed by atoms with Crippen LogP contribution < -0.4 is 9.47 Å². The number of thiophene rings is 1. The number of hydrogen-bond donors (Lipinski definition) is 0. The topological polar surface area (TPSA) is 108 Å². The first kappa shape index (κ1) is 21.8. The van der Waals surface area contributed by atoms with Gasteiger partial charge in [-0.25, -0.2) is 0 Å². The van der Waals surface area contributed by atoms with Gasteiger partial charge in [0.2, 0.25) is 5.75 Å². The fraction of sp³-hybridized carbons (Fsp3) is 0.389. The van der Waals surface area contributed by atoms with Gasteiger partial charge in [0.15, 0.2) is 5.75 Å². The van der Waals surface area contributed by atoms with Gasteiger partial charge in [0.1, 0.15) is 4.21 Å². The number of nitro groups is 1. The molecule has 0 spiro atoms. The lowest BCUT2D eigenvalue weighted by Gasteiger charge is -2.11. The Morgan fingerprint density at radius 1 is 1.29 bits per heavy atom. The van der Waals surface area contributed by atoms with Crippen LogP contribution in [0.5, 0.6) is 11.5 Å². The normalized spacial score (nSPS) is 11.6. The van der Waals surface area contributed by atoms with E-state index in [1.54, 1.807) is 11.4 Å². The van der Waals surface area contributed by atoms with Crippen LogP contribution in [0.3, 0.4) is 0 Å². The highest BCUT2D eigenvalue weighted by Gasteiger charge is 2.22. The molecule has 0 saturated heterocycles. The summed E-state index contributed by atoms with van der Waals surface area (Å²) in [5.41, 5.74) is -0.0770. The van der Waals surface area contributed by atoms with Gasteiger partial charge in [-0.3, -0.25) is 10.1 Å². The zero-order chi connectivity index (χ0) is 20.6. The third-order valence-electron chi connectivity index (χ3n) is 3.81. The largest absolute Gasteiger partial charge is 0.493 e. The van der Waals surface area contributed by atoms with Gasteiger partial charge in [0.05, 0.1) is 18.6 Å². The summed E-state index contributed by atoms with van der Waals surface area (Å²) in [5, 5.41) is 13.1. The second-order valence-corrected chi connectivity index (χ2v) is 8.69. The standard InChI is InChI=1S/C18H22N2O6S2/c1-3-4-5-6-9-26-18-15(20(21)22)11-14(12-16(18)25-2)13-19-28(23,24)17-8-7-10-27-17/h7-8,10-13H,3-6,9H2,1-2H3/b19-13-. The molecule has 2 rings (SSSR count). The second-order valence-electron chi connectivity index (χ2n) is 5.88. The van der Waals surface area contributed by atoms with E-state index in [9.17, 15) is 18.5 Å². The molecule has 0 atom stereocenters. The number of sulfonamides is 1. The molecule has 28 heavy (non-hydrogen) atoms. The average molecular weight is 427 g/mol. The lowest BCUT2D eigenvalue weighted by Crippen LogP contribution is -2.04. The fourth-order valence-corrected chi connectivity index (χ4v) is 4.26. The quantitative estimate of drug-likeness (QED) is 0.228. The van der Waals surface area contributed by atoms with Crippen LogP contribution in [0.1, 0.15) is 38.2 Å². The number of benzene rings is 1. The van der Waals surface area contributed by atoms with Gasteiger partial charge < -0.3 is 9.47 Å². The smallest absolute Gasteiger partial charge is 0.315 e. The second kappa shape index (κ2) is 10.2. The minimum absolute atomic E-state index is 0.0299. The number of unbranched alkanes of at least 4 members (excludes halogenated alkanes) is 3. The Kier molecular flexibility index (Phi) is 7.94. The Bertz CT molecular complexity index is 924. The molecule has 0 bridgehead atoms. The third kappa shape index (κ3) is 5.77. The summed E-state index contributed by atoms with van der Waals surface area (Å²) >= 11 is 1.04. The maximum absolute atomic E-state index is 12.2. The summed E-state index contributed by atoms with van der Waals surface area (Å²) in [6.07, 6.45) is 4.95. The molecule has 0 radical (unpaired) electrons. The van der Waals surface area contributed by atoms with Gasteiger partial charge in [-0.2, -0.15) is 12.8 Å². The molecule has 10 heteroatoms. The Morgan fingerprint density at radius 3 is 2.68 bits per heavy atom. The van der Waals surface area contributed by atoms with E-state index in [4.69, 9.17) is 9.47 Å². The van der Waals surface area contributed by atoms with E-state index in [1.807, 2.05) is 0 Å². The summed E-state index contributed by atoms with van der Waals surface area (Å²) in [4.78, 5) is 10.9. The lowest BCUT2D eigenvalue weighted by molar-refractivity contribution is -0.386. The molecule has 0 aliphatic carbocycles. The minimum atomic E-state index is -3.85. The van der Waals surface area contributed by atoms with Gasteiger partial charge in [0, 0.05) is 17.8 Å². The number of nitro benzene ring substituents is 1. The Morgan fingerprint density at radius 2 is 2.07 bits per heavy atom. The molecular formula is C18H22N2O6S2. The van der Waals surface area contributed by atoms with Crippen LogP contribution in [0.15, 0.2) is 38.3 Å². The van der Waals surface area contributed by atoms with Crippen molar-refractivity contribution in [3.05, 3.63) is 45.3 Å². The van der Waals surface area contributed by atoms with Crippen molar-refractivity contribution in [3.63, 3.8) is 0 Å². The molecule has 0 unspecified atom stereocenters. The van der Waals surface area contributed by atoms with E-state index in [0.29, 0.717) is 6.61 Å². The maximum Gasteiger partial charge on any atom is 0.315 e. The molecule has 0 amide bonds. The molecule has 1 aromatic heterocycles. The van der Waals surface area contributed by atoms with Gasteiger partial charge in [0.25, 0.3) is 10.0 Å². The first-order valence-electron chi connectivity index (χ1n) is 8.72. The summed E-state index contributed by atoms with van der Waals surface area (Å²) in [7, 11) is -2.49. The van der Waals surface area contributed by atoms with Gasteiger partial charge in [-0.1, -0.05) is 32.3 Å². The highest BCUT2D eigenvalue weighted by molar-refractivity contribution is 7.92. The number of hydrogen-bond acceptors (Lipinski definition) is 7. The first-order valence-corrected chi connectivity index (χ1v) is 11.0. The molecule has 0 aliphatic rings. The van der Waals surface area contributed by atoms with Crippen molar-refractivity contribution < 1.29 is 22.8 Å². The van der Waals surface area contributed by atoms with Crippen LogP contribution in [0, 0.1) is 10.1 Å². The third-order valence-corrected chi connectivity index (χ3v) is 6.42. The van der Waals surface area contributed by atoms with Gasteiger partial charge in [-0.05, 0) is 23.9 Å². The summed E-state index contributed by atoms with van der Waals surface area (Å²) in [5.74, 6) is 0.182. The van der Waals surface area contributed by atoms with Crippen molar-refractivity contribution in [3.8, 4) is 11.5 Å². The number of methoxy groups -OCH3 is 1. The summed E-state index contributed by atoms with van der Waals surface area (Å²) in [6.45, 7) is 2.42. The highest BCUT2D eigenvalue weighted by atomic mass is 32.2. The molecule has 152 valence electrons. The highest BCUT2D eigenvalue weighted by Crippen LogP contribution is 2.38. The molecule has 0 fully saturated rings. The van der Waals surface area contributed by atoms with Crippen LogP contribution in [0.2, 0.25) is 0 Å². The molecule has 1 heterocycles. The molecule has 8 nitrogen and oxygen atoms in total. The van der Waals surface area contributed by atoms with E-state index in [0.717, 1.165) is 43.2 Å². The van der Waals surface area contributed by atoms with E-state index in [-0.39, 0.29) is 27.0 Å². The van der Waals surface area contributed by atoms with Crippen LogP contribution >= 0.6 is 11.3 Å². The van der Waals surface area contributed by atoms with E-state index < -0.39 is 14.9 Å².